The second-order valence-electron chi connectivity index (χ2n) is 4.36. The smallest absolute Gasteiger partial charge is 0.209 e. The van der Waals surface area contributed by atoms with E-state index in [0.717, 1.165) is 23.8 Å². The lowest BCUT2D eigenvalue weighted by atomic mass is 10.1. The number of aromatic nitrogens is 2. The first-order chi connectivity index (χ1) is 8.72. The van der Waals surface area contributed by atoms with E-state index in [1.165, 1.54) is 16.9 Å². The normalized spacial score (nSPS) is 17.3. The molecule has 3 rings (SSSR count). The molecule has 1 unspecified atom stereocenters. The molecule has 94 valence electrons. The average Bonchev–Trinajstić information content (AvgIpc) is 2.94. The van der Waals surface area contributed by atoms with E-state index in [2.05, 4.69) is 16.3 Å². The van der Waals surface area contributed by atoms with Gasteiger partial charge in [-0.15, -0.1) is 10.2 Å². The number of hydrogen-bond donors (Lipinski definition) is 1. The highest BCUT2D eigenvalue weighted by molar-refractivity contribution is 7.18. The van der Waals surface area contributed by atoms with Crippen LogP contribution in [0.25, 0.3) is 0 Å². The van der Waals surface area contributed by atoms with Crippen LogP contribution < -0.4 is 15.4 Å². The third kappa shape index (κ3) is 2.11. The Morgan fingerprint density at radius 2 is 2.28 bits per heavy atom. The summed E-state index contributed by atoms with van der Waals surface area (Å²) in [5.74, 6) is 0.993. The van der Waals surface area contributed by atoms with Gasteiger partial charge in [-0.1, -0.05) is 29.5 Å². The molecule has 0 amide bonds. The van der Waals surface area contributed by atoms with Gasteiger partial charge in [-0.05, 0) is 11.6 Å². The highest BCUT2D eigenvalue weighted by atomic mass is 32.1. The van der Waals surface area contributed by atoms with Crippen molar-refractivity contribution in [3.8, 4) is 5.75 Å². The molecule has 6 heteroatoms. The van der Waals surface area contributed by atoms with Crippen molar-refractivity contribution in [3.05, 3.63) is 29.8 Å². The molecular weight excluding hydrogens is 248 g/mol. The van der Waals surface area contributed by atoms with Crippen molar-refractivity contribution in [2.24, 2.45) is 0 Å². The lowest BCUT2D eigenvalue weighted by molar-refractivity contribution is 0.239. The van der Waals surface area contributed by atoms with Gasteiger partial charge in [0.2, 0.25) is 10.3 Å². The fourth-order valence-corrected chi connectivity index (χ4v) is 2.70. The van der Waals surface area contributed by atoms with Gasteiger partial charge < -0.3 is 15.4 Å². The SMILES string of the molecule is CN(CC1Cc2ccccc2O1)c1nnc(N)s1. The molecule has 2 N–H and O–H groups in total. The van der Waals surface area contributed by atoms with Crippen LogP contribution in [0.15, 0.2) is 24.3 Å². The maximum Gasteiger partial charge on any atom is 0.209 e. The second-order valence-corrected chi connectivity index (χ2v) is 5.34. The molecule has 2 heterocycles. The van der Waals surface area contributed by atoms with Crippen molar-refractivity contribution in [1.82, 2.24) is 10.2 Å². The van der Waals surface area contributed by atoms with Crippen LogP contribution in [-0.4, -0.2) is 29.9 Å². The summed E-state index contributed by atoms with van der Waals surface area (Å²) in [4.78, 5) is 2.03. The van der Waals surface area contributed by atoms with Gasteiger partial charge >= 0.3 is 0 Å². The molecule has 0 aliphatic carbocycles. The Labute approximate surface area is 109 Å². The van der Waals surface area contributed by atoms with E-state index in [1.807, 2.05) is 30.1 Å². The largest absolute Gasteiger partial charge is 0.488 e. The van der Waals surface area contributed by atoms with E-state index < -0.39 is 0 Å². The number of hydrogen-bond acceptors (Lipinski definition) is 6. The molecule has 0 spiro atoms. The van der Waals surface area contributed by atoms with E-state index in [0.29, 0.717) is 5.13 Å². The van der Waals surface area contributed by atoms with E-state index in [4.69, 9.17) is 10.5 Å². The summed E-state index contributed by atoms with van der Waals surface area (Å²) < 4.78 is 5.89. The van der Waals surface area contributed by atoms with Crippen LogP contribution in [0.4, 0.5) is 10.3 Å². The van der Waals surface area contributed by atoms with Crippen molar-refractivity contribution >= 4 is 21.6 Å². The van der Waals surface area contributed by atoms with Gasteiger partial charge in [-0.25, -0.2) is 0 Å². The van der Waals surface area contributed by atoms with Crippen molar-refractivity contribution in [3.63, 3.8) is 0 Å². The zero-order valence-corrected chi connectivity index (χ0v) is 10.9. The zero-order valence-electron chi connectivity index (χ0n) is 10.0. The van der Waals surface area contributed by atoms with Crippen molar-refractivity contribution in [2.45, 2.75) is 12.5 Å². The highest BCUT2D eigenvalue weighted by Gasteiger charge is 2.24. The highest BCUT2D eigenvalue weighted by Crippen LogP contribution is 2.29. The topological polar surface area (TPSA) is 64.3 Å². The summed E-state index contributed by atoms with van der Waals surface area (Å²) in [5, 5.41) is 9.16. The molecule has 0 saturated carbocycles. The lowest BCUT2D eigenvalue weighted by Crippen LogP contribution is -2.31. The fourth-order valence-electron chi connectivity index (χ4n) is 2.12. The van der Waals surface area contributed by atoms with Gasteiger partial charge in [0.25, 0.3) is 0 Å². The quantitative estimate of drug-likeness (QED) is 0.909. The number of anilines is 2. The molecule has 1 aromatic carbocycles. The first kappa shape index (κ1) is 11.3. The summed E-state index contributed by atoms with van der Waals surface area (Å²) in [6.45, 7) is 0.781. The minimum absolute atomic E-state index is 0.164. The minimum atomic E-state index is 0.164. The third-order valence-electron chi connectivity index (χ3n) is 2.95. The number of likely N-dealkylation sites (N-methyl/N-ethyl adjacent to an activating group) is 1. The van der Waals surface area contributed by atoms with E-state index in [-0.39, 0.29) is 6.10 Å². The summed E-state index contributed by atoms with van der Waals surface area (Å²) in [6.07, 6.45) is 1.10. The Hall–Kier alpha value is -1.82. The van der Waals surface area contributed by atoms with Crippen LogP contribution in [0.1, 0.15) is 5.56 Å². The predicted octanol–water partition coefficient (Wildman–Crippen LogP) is 1.56. The standard InChI is InChI=1S/C12H14N4OS/c1-16(12-15-14-11(13)18-12)7-9-6-8-4-2-3-5-10(8)17-9/h2-5,9H,6-7H2,1H3,(H2,13,14). The molecule has 5 nitrogen and oxygen atoms in total. The number of benzene rings is 1. The van der Waals surface area contributed by atoms with E-state index in [9.17, 15) is 0 Å². The van der Waals surface area contributed by atoms with Gasteiger partial charge in [-0.2, -0.15) is 0 Å². The number of para-hydroxylation sites is 1. The molecule has 1 atom stereocenters. The number of fused-ring (bicyclic) bond motifs is 1. The van der Waals surface area contributed by atoms with Gasteiger partial charge in [0.05, 0.1) is 6.54 Å². The van der Waals surface area contributed by atoms with Crippen LogP contribution in [0.5, 0.6) is 5.75 Å². The first-order valence-corrected chi connectivity index (χ1v) is 6.58. The lowest BCUT2D eigenvalue weighted by Gasteiger charge is -2.19. The van der Waals surface area contributed by atoms with Gasteiger partial charge in [-0.3, -0.25) is 0 Å². The second kappa shape index (κ2) is 4.45. The Kier molecular flexibility index (Phi) is 2.79. The Morgan fingerprint density at radius 1 is 1.44 bits per heavy atom. The Morgan fingerprint density at radius 3 is 3.00 bits per heavy atom. The van der Waals surface area contributed by atoms with Crippen LogP contribution >= 0.6 is 11.3 Å². The number of rotatable bonds is 3. The number of nitrogen functional groups attached to an aromatic ring is 1. The average molecular weight is 262 g/mol. The van der Waals surface area contributed by atoms with Gasteiger partial charge in [0, 0.05) is 13.5 Å². The Balaban J connectivity index is 1.66. The minimum Gasteiger partial charge on any atom is -0.488 e. The maximum atomic E-state index is 5.89. The molecular formula is C12H14N4OS. The summed E-state index contributed by atoms with van der Waals surface area (Å²) in [7, 11) is 1.98. The van der Waals surface area contributed by atoms with Crippen LogP contribution in [0, 0.1) is 0 Å². The first-order valence-electron chi connectivity index (χ1n) is 5.77. The molecule has 0 fully saturated rings. The van der Waals surface area contributed by atoms with Gasteiger partial charge in [0.15, 0.2) is 0 Å². The monoisotopic (exact) mass is 262 g/mol. The zero-order chi connectivity index (χ0) is 12.5. The molecule has 1 aliphatic heterocycles. The maximum absolute atomic E-state index is 5.89. The molecule has 0 bridgehead atoms. The van der Waals surface area contributed by atoms with Crippen molar-refractivity contribution in [2.75, 3.05) is 24.2 Å². The van der Waals surface area contributed by atoms with Gasteiger partial charge in [0.1, 0.15) is 11.9 Å². The molecule has 1 aromatic heterocycles. The van der Waals surface area contributed by atoms with E-state index in [1.54, 1.807) is 0 Å². The predicted molar refractivity (Wildman–Crippen MR) is 72.2 cm³/mol. The van der Waals surface area contributed by atoms with Crippen LogP contribution in [-0.2, 0) is 6.42 Å². The number of nitrogens with zero attached hydrogens (tertiary/aromatic N) is 3. The summed E-state index contributed by atoms with van der Waals surface area (Å²) in [5.41, 5.74) is 6.85. The van der Waals surface area contributed by atoms with E-state index >= 15 is 0 Å². The molecule has 0 radical (unpaired) electrons. The molecule has 1 aliphatic rings. The Bertz CT molecular complexity index is 532. The molecule has 0 saturated heterocycles. The van der Waals surface area contributed by atoms with Crippen LogP contribution in [0.2, 0.25) is 0 Å². The summed E-state index contributed by atoms with van der Waals surface area (Å²) in [6, 6.07) is 8.16. The van der Waals surface area contributed by atoms with Crippen molar-refractivity contribution in [1.29, 1.82) is 0 Å². The molecule has 2 aromatic rings. The fraction of sp³-hybridized carbons (Fsp3) is 0.333. The summed E-state index contributed by atoms with van der Waals surface area (Å²) >= 11 is 1.39. The number of nitrogens with two attached hydrogens (primary N) is 1. The van der Waals surface area contributed by atoms with Crippen molar-refractivity contribution < 1.29 is 4.74 Å². The molecule has 18 heavy (non-hydrogen) atoms. The number of ether oxygens (including phenoxy) is 1. The third-order valence-corrected chi connectivity index (χ3v) is 3.81. The van der Waals surface area contributed by atoms with Crippen LogP contribution in [0.3, 0.4) is 0 Å².